The minimum absolute atomic E-state index is 0.194. The van der Waals surface area contributed by atoms with Crippen molar-refractivity contribution in [2.75, 3.05) is 0 Å². The van der Waals surface area contributed by atoms with Gasteiger partial charge in [-0.3, -0.25) is 9.89 Å². The van der Waals surface area contributed by atoms with Crippen LogP contribution >= 0.6 is 0 Å². The van der Waals surface area contributed by atoms with Crippen molar-refractivity contribution < 1.29 is 13.2 Å². The van der Waals surface area contributed by atoms with Crippen LogP contribution in [-0.4, -0.2) is 34.5 Å². The predicted molar refractivity (Wildman–Crippen MR) is 115 cm³/mol. The van der Waals surface area contributed by atoms with Crippen LogP contribution < -0.4 is 5.32 Å². The lowest BCUT2D eigenvalue weighted by molar-refractivity contribution is 0.0950. The van der Waals surface area contributed by atoms with Gasteiger partial charge in [-0.2, -0.15) is 5.10 Å². The number of carbonyl (C=O) groups is 1. The molecule has 3 aromatic heterocycles. The van der Waals surface area contributed by atoms with Gasteiger partial charge in [0.1, 0.15) is 0 Å². The lowest BCUT2D eigenvalue weighted by atomic mass is 10.2. The van der Waals surface area contributed by atoms with Crippen LogP contribution in [0.4, 0.5) is 0 Å². The maximum absolute atomic E-state index is 13.1. The molecule has 3 N–H and O–H groups in total. The summed E-state index contributed by atoms with van der Waals surface area (Å²) >= 11 is 0. The van der Waals surface area contributed by atoms with Crippen molar-refractivity contribution >= 4 is 37.7 Å². The Hall–Kier alpha value is -3.98. The zero-order valence-corrected chi connectivity index (χ0v) is 17.0. The maximum atomic E-state index is 13.1. The van der Waals surface area contributed by atoms with Crippen LogP contribution in [-0.2, 0) is 16.4 Å². The molecule has 0 spiro atoms. The van der Waals surface area contributed by atoms with Crippen LogP contribution in [0, 0.1) is 0 Å². The Kier molecular flexibility index (Phi) is 4.52. The molecule has 0 saturated carbocycles. The average Bonchev–Trinajstić information content (AvgIpc) is 3.46. The molecule has 5 aromatic rings. The molecule has 31 heavy (non-hydrogen) atoms. The smallest absolute Gasteiger partial charge is 0.253 e. The number of aromatic nitrogens is 4. The van der Waals surface area contributed by atoms with Gasteiger partial charge in [0.15, 0.2) is 5.65 Å². The fourth-order valence-electron chi connectivity index (χ4n) is 3.44. The minimum Gasteiger partial charge on any atom is -0.360 e. The Morgan fingerprint density at radius 1 is 1.00 bits per heavy atom. The van der Waals surface area contributed by atoms with E-state index in [9.17, 15) is 13.2 Å². The molecular weight excluding hydrogens is 414 g/mol. The highest BCUT2D eigenvalue weighted by Crippen LogP contribution is 2.27. The molecule has 5 rings (SSSR count). The second-order valence-electron chi connectivity index (χ2n) is 7.06. The molecule has 3 heterocycles. The molecular formula is C22H17N5O3S. The maximum Gasteiger partial charge on any atom is 0.253 e. The van der Waals surface area contributed by atoms with E-state index in [0.29, 0.717) is 16.7 Å². The summed E-state index contributed by atoms with van der Waals surface area (Å²) in [6.45, 7) is 0.259. The topological polar surface area (TPSA) is 121 Å². The molecule has 1 amide bonds. The molecule has 0 radical (unpaired) electrons. The van der Waals surface area contributed by atoms with E-state index < -0.39 is 9.84 Å². The van der Waals surface area contributed by atoms with Gasteiger partial charge in [0, 0.05) is 29.7 Å². The first-order chi connectivity index (χ1) is 15.0. The zero-order valence-electron chi connectivity index (χ0n) is 16.2. The van der Waals surface area contributed by atoms with E-state index in [1.807, 2.05) is 12.1 Å². The number of aromatic amines is 2. The van der Waals surface area contributed by atoms with Crippen molar-refractivity contribution in [3.05, 3.63) is 84.3 Å². The van der Waals surface area contributed by atoms with Crippen molar-refractivity contribution in [3.63, 3.8) is 0 Å². The molecule has 8 nitrogen and oxygen atoms in total. The van der Waals surface area contributed by atoms with Crippen molar-refractivity contribution in [2.45, 2.75) is 16.3 Å². The highest BCUT2D eigenvalue weighted by Gasteiger charge is 2.20. The van der Waals surface area contributed by atoms with Gasteiger partial charge >= 0.3 is 0 Å². The summed E-state index contributed by atoms with van der Waals surface area (Å²) in [7, 11) is -3.68. The van der Waals surface area contributed by atoms with Crippen LogP contribution in [0.5, 0.6) is 0 Å². The summed E-state index contributed by atoms with van der Waals surface area (Å²) in [6.07, 6.45) is 4.80. The molecule has 154 valence electrons. The van der Waals surface area contributed by atoms with Crippen molar-refractivity contribution in [2.24, 2.45) is 0 Å². The molecule has 9 heteroatoms. The summed E-state index contributed by atoms with van der Waals surface area (Å²) in [6, 6.07) is 15.2. The number of rotatable bonds is 5. The quantitative estimate of drug-likeness (QED) is 0.395. The number of amides is 1. The third kappa shape index (κ3) is 3.44. The lowest BCUT2D eigenvalue weighted by Crippen LogP contribution is -2.22. The van der Waals surface area contributed by atoms with Gasteiger partial charge in [0.25, 0.3) is 5.91 Å². The van der Waals surface area contributed by atoms with Crippen LogP contribution in [0.1, 0.15) is 15.9 Å². The molecule has 0 atom stereocenters. The summed E-state index contributed by atoms with van der Waals surface area (Å²) in [5.41, 5.74) is 2.40. The molecule has 0 aliphatic rings. The monoisotopic (exact) mass is 431 g/mol. The standard InChI is InChI=1S/C22H17N5O3S/c28-22(17-10-16-13-26-27-21(16)24-12-17)25-11-14-4-6-18(7-5-14)31(29,30)19-3-1-2-15-8-9-23-20(15)19/h1-10,12-13,23H,11H2,(H,25,28)(H,24,26,27). The molecule has 0 aliphatic heterocycles. The Labute approximate surface area is 177 Å². The third-order valence-corrected chi connectivity index (χ3v) is 6.89. The van der Waals surface area contributed by atoms with Gasteiger partial charge in [-0.15, -0.1) is 0 Å². The fourth-order valence-corrected chi connectivity index (χ4v) is 4.89. The number of H-pyrrole nitrogens is 2. The van der Waals surface area contributed by atoms with Gasteiger partial charge in [0.2, 0.25) is 9.84 Å². The van der Waals surface area contributed by atoms with Crippen molar-refractivity contribution in [1.29, 1.82) is 0 Å². The van der Waals surface area contributed by atoms with E-state index in [0.717, 1.165) is 16.3 Å². The predicted octanol–water partition coefficient (Wildman–Crippen LogP) is 3.20. The largest absolute Gasteiger partial charge is 0.360 e. The van der Waals surface area contributed by atoms with E-state index in [-0.39, 0.29) is 22.2 Å². The molecule has 0 unspecified atom stereocenters. The third-order valence-electron chi connectivity index (χ3n) is 5.08. The number of nitrogens with one attached hydrogen (secondary N) is 3. The lowest BCUT2D eigenvalue weighted by Gasteiger charge is -2.08. The SMILES string of the molecule is O=C(NCc1ccc(S(=O)(=O)c2cccc3cc[nH]c23)cc1)c1cnc2[nH]ncc2c1. The highest BCUT2D eigenvalue weighted by molar-refractivity contribution is 7.91. The Balaban J connectivity index is 1.32. The number of hydrogen-bond acceptors (Lipinski definition) is 5. The van der Waals surface area contributed by atoms with Crippen LogP contribution in [0.2, 0.25) is 0 Å². The highest BCUT2D eigenvalue weighted by atomic mass is 32.2. The first kappa shape index (κ1) is 19.0. The number of benzene rings is 2. The fraction of sp³-hybridized carbons (Fsp3) is 0.0455. The Morgan fingerprint density at radius 3 is 2.68 bits per heavy atom. The minimum atomic E-state index is -3.68. The van der Waals surface area contributed by atoms with Gasteiger partial charge in [-0.25, -0.2) is 13.4 Å². The second kappa shape index (κ2) is 7.37. The number of sulfone groups is 1. The number of nitrogens with zero attached hydrogens (tertiary/aromatic N) is 2. The van der Waals surface area contributed by atoms with Crippen LogP contribution in [0.25, 0.3) is 21.9 Å². The van der Waals surface area contributed by atoms with E-state index in [1.165, 1.54) is 6.20 Å². The van der Waals surface area contributed by atoms with Crippen molar-refractivity contribution in [3.8, 4) is 0 Å². The summed E-state index contributed by atoms with van der Waals surface area (Å²) in [5.74, 6) is -0.272. The number of fused-ring (bicyclic) bond motifs is 2. The van der Waals surface area contributed by atoms with E-state index in [2.05, 4.69) is 25.5 Å². The van der Waals surface area contributed by atoms with Gasteiger partial charge in [0.05, 0.1) is 27.1 Å². The summed E-state index contributed by atoms with van der Waals surface area (Å²) in [4.78, 5) is 20.0. The zero-order chi connectivity index (χ0) is 21.4. The van der Waals surface area contributed by atoms with E-state index in [4.69, 9.17) is 0 Å². The normalized spacial score (nSPS) is 11.7. The van der Waals surface area contributed by atoms with Gasteiger partial charge in [-0.1, -0.05) is 24.3 Å². The number of hydrogen-bond donors (Lipinski definition) is 3. The Bertz CT molecular complexity index is 1520. The first-order valence-corrected chi connectivity index (χ1v) is 11.0. The number of carbonyl (C=O) groups excluding carboxylic acids is 1. The molecule has 0 aliphatic carbocycles. The van der Waals surface area contributed by atoms with Crippen LogP contribution in [0.15, 0.2) is 83.0 Å². The molecule has 0 bridgehead atoms. The van der Waals surface area contributed by atoms with Crippen molar-refractivity contribution in [1.82, 2.24) is 25.5 Å². The summed E-state index contributed by atoms with van der Waals surface area (Å²) < 4.78 is 26.2. The number of para-hydroxylation sites is 1. The molecule has 0 saturated heterocycles. The van der Waals surface area contributed by atoms with E-state index >= 15 is 0 Å². The first-order valence-electron chi connectivity index (χ1n) is 9.50. The van der Waals surface area contributed by atoms with E-state index in [1.54, 1.807) is 54.9 Å². The van der Waals surface area contributed by atoms with Gasteiger partial charge < -0.3 is 10.3 Å². The molecule has 2 aromatic carbocycles. The summed E-state index contributed by atoms with van der Waals surface area (Å²) in [5, 5.41) is 11.0. The van der Waals surface area contributed by atoms with Crippen LogP contribution in [0.3, 0.4) is 0 Å². The molecule has 0 fully saturated rings. The average molecular weight is 431 g/mol. The van der Waals surface area contributed by atoms with Gasteiger partial charge in [-0.05, 0) is 35.9 Å². The second-order valence-corrected chi connectivity index (χ2v) is 8.98. The Morgan fingerprint density at radius 2 is 1.84 bits per heavy atom. The number of pyridine rings is 1.